The number of hydrogen-bond donors (Lipinski definition) is 1. The van der Waals surface area contributed by atoms with Gasteiger partial charge in [-0.05, 0) is 50.5 Å². The number of aryl methyl sites for hydroxylation is 2. The number of fused-ring (bicyclic) bond motifs is 1. The van der Waals surface area contributed by atoms with E-state index in [1.54, 1.807) is 25.7 Å². The van der Waals surface area contributed by atoms with Crippen molar-refractivity contribution in [3.05, 3.63) is 52.8 Å². The Kier molecular flexibility index (Phi) is 10.5. The molecule has 0 radical (unpaired) electrons. The van der Waals surface area contributed by atoms with Crippen molar-refractivity contribution in [1.29, 1.82) is 0 Å². The molecule has 0 spiro atoms. The number of aromatic nitrogens is 2. The van der Waals surface area contributed by atoms with Gasteiger partial charge < -0.3 is 29.9 Å². The van der Waals surface area contributed by atoms with Crippen molar-refractivity contribution in [1.82, 2.24) is 25.1 Å². The van der Waals surface area contributed by atoms with E-state index in [2.05, 4.69) is 32.3 Å². The average molecular weight is 619 g/mol. The Hall–Kier alpha value is -1.72. The molecular weight excluding hydrogens is 582 g/mol. The van der Waals surface area contributed by atoms with Gasteiger partial charge in [-0.3, -0.25) is 9.59 Å². The molecule has 4 heterocycles. The van der Waals surface area contributed by atoms with E-state index in [-0.39, 0.29) is 76.0 Å². The summed E-state index contributed by atoms with van der Waals surface area (Å²) >= 11 is 0. The van der Waals surface area contributed by atoms with Crippen LogP contribution in [0.3, 0.4) is 0 Å². The molecule has 10 nitrogen and oxygen atoms in total. The van der Waals surface area contributed by atoms with Crippen LogP contribution < -0.4 is 73.5 Å². The molecule has 11 heteroatoms. The van der Waals surface area contributed by atoms with Gasteiger partial charge in [0.25, 0.3) is 5.91 Å². The van der Waals surface area contributed by atoms with Crippen molar-refractivity contribution in [2.24, 2.45) is 11.8 Å². The van der Waals surface area contributed by atoms with Gasteiger partial charge in [0.05, 0.1) is 35.0 Å². The summed E-state index contributed by atoms with van der Waals surface area (Å²) in [7, 11) is 0. The van der Waals surface area contributed by atoms with Crippen LogP contribution in [0.15, 0.2) is 30.3 Å². The van der Waals surface area contributed by atoms with Crippen LogP contribution in [0.25, 0.3) is 0 Å². The summed E-state index contributed by atoms with van der Waals surface area (Å²) in [4.78, 5) is 52.0. The van der Waals surface area contributed by atoms with Crippen LogP contribution in [0, 0.1) is 25.7 Å². The third-order valence-electron chi connectivity index (χ3n) is 8.42. The fourth-order valence-electron chi connectivity index (χ4n) is 6.55. The molecule has 1 N–H and O–H groups in total. The molecule has 2 unspecified atom stereocenters. The molecule has 0 aliphatic carbocycles. The number of hydrogen-bond acceptors (Lipinski definition) is 8. The molecule has 5 rings (SSSR count). The Morgan fingerprint density at radius 3 is 2.23 bits per heavy atom. The Bertz CT molecular complexity index is 1210. The van der Waals surface area contributed by atoms with E-state index in [9.17, 15) is 19.5 Å². The Labute approximate surface area is 284 Å². The number of carboxylic acids is 1. The number of nitrogens with zero attached hydrogens (tertiary/aromatic N) is 5. The van der Waals surface area contributed by atoms with E-state index in [0.29, 0.717) is 60.8 Å². The van der Waals surface area contributed by atoms with Crippen molar-refractivity contribution in [3.63, 3.8) is 0 Å². The standard InChI is InChI=1S/C29H38N6O4.Rb/c1-18-26(19(2)31-29(30-18)35-12-7-10-25(35)28(38)39)27(37)34-16-22-14-33(15-23(22)17-34)13-11-24(32-20(3)36)21-8-5-4-6-9-21;/h4-6,8-9,22-25H,7,10-17H2,1-3H3,(H,32,36)(H,38,39);/q;+1/p-1/t22?,23?,24-,25+;/m1./s1. The van der Waals surface area contributed by atoms with Crippen LogP contribution in [0.2, 0.25) is 0 Å². The van der Waals surface area contributed by atoms with Crippen LogP contribution in [-0.2, 0) is 9.59 Å². The molecule has 2 aromatic rings. The normalized spacial score (nSPS) is 23.0. The van der Waals surface area contributed by atoms with E-state index in [1.165, 1.54) is 0 Å². The molecule has 3 fully saturated rings. The summed E-state index contributed by atoms with van der Waals surface area (Å²) in [6.45, 7) is 9.87. The zero-order chi connectivity index (χ0) is 27.7. The molecule has 208 valence electrons. The minimum atomic E-state index is -1.12. The Morgan fingerprint density at radius 1 is 1.02 bits per heavy atom. The molecular formula is C29H37N6O4Rb. The molecule has 4 atom stereocenters. The SMILES string of the molecule is CC(=O)N[C@H](CCN1CC2CN(C(=O)c3c(C)nc(N4CCC[C@H]4C(=O)[O-])nc3C)CC2C1)c1ccccc1.[Rb+]. The summed E-state index contributed by atoms with van der Waals surface area (Å²) in [5.41, 5.74) is 2.79. The van der Waals surface area contributed by atoms with Gasteiger partial charge in [0.2, 0.25) is 11.9 Å². The zero-order valence-corrected chi connectivity index (χ0v) is 28.8. The third kappa shape index (κ3) is 6.83. The number of carboxylic acid groups (broad SMARTS) is 1. The number of nitrogens with one attached hydrogen (secondary N) is 1. The second-order valence-electron chi connectivity index (χ2n) is 11.2. The molecule has 2 amide bonds. The van der Waals surface area contributed by atoms with Crippen LogP contribution in [0.4, 0.5) is 5.95 Å². The maximum atomic E-state index is 13.6. The molecule has 1 aromatic heterocycles. The van der Waals surface area contributed by atoms with Crippen LogP contribution >= 0.6 is 0 Å². The van der Waals surface area contributed by atoms with Gasteiger partial charge in [-0.2, -0.15) is 0 Å². The van der Waals surface area contributed by atoms with Crippen molar-refractivity contribution in [3.8, 4) is 0 Å². The number of rotatable bonds is 8. The largest absolute Gasteiger partial charge is 1.00 e. The maximum absolute atomic E-state index is 13.6. The summed E-state index contributed by atoms with van der Waals surface area (Å²) in [5.74, 6) is -0.00776. The van der Waals surface area contributed by atoms with Gasteiger partial charge in [0, 0.05) is 46.2 Å². The van der Waals surface area contributed by atoms with E-state index in [0.717, 1.165) is 38.0 Å². The van der Waals surface area contributed by atoms with Crippen molar-refractivity contribution in [2.75, 3.05) is 44.2 Å². The molecule has 40 heavy (non-hydrogen) atoms. The average Bonchev–Trinajstić information content (AvgIpc) is 3.61. The van der Waals surface area contributed by atoms with Crippen molar-refractivity contribution < 1.29 is 77.7 Å². The van der Waals surface area contributed by atoms with E-state index in [1.807, 2.05) is 23.1 Å². The van der Waals surface area contributed by atoms with Crippen molar-refractivity contribution >= 4 is 23.7 Å². The van der Waals surface area contributed by atoms with Crippen LogP contribution in [0.1, 0.15) is 59.5 Å². The molecule has 3 aliphatic rings. The predicted molar refractivity (Wildman–Crippen MR) is 144 cm³/mol. The maximum Gasteiger partial charge on any atom is 1.00 e. The summed E-state index contributed by atoms with van der Waals surface area (Å²) < 4.78 is 0. The van der Waals surface area contributed by atoms with Gasteiger partial charge in [-0.25, -0.2) is 9.97 Å². The first-order chi connectivity index (χ1) is 18.7. The molecule has 1 aromatic carbocycles. The zero-order valence-electron chi connectivity index (χ0n) is 23.9. The Balaban J connectivity index is 0.00000370. The summed E-state index contributed by atoms with van der Waals surface area (Å²) in [6, 6.07) is 9.33. The van der Waals surface area contributed by atoms with E-state index in [4.69, 9.17) is 0 Å². The van der Waals surface area contributed by atoms with E-state index >= 15 is 0 Å². The van der Waals surface area contributed by atoms with Crippen LogP contribution in [0.5, 0.6) is 0 Å². The predicted octanol–water partition coefficient (Wildman–Crippen LogP) is -1.91. The smallest absolute Gasteiger partial charge is 0.548 e. The molecule has 3 saturated heterocycles. The van der Waals surface area contributed by atoms with Gasteiger partial charge >= 0.3 is 58.2 Å². The number of carbonyl (C=O) groups excluding carboxylic acids is 3. The minimum Gasteiger partial charge on any atom is -0.548 e. The van der Waals surface area contributed by atoms with E-state index < -0.39 is 12.0 Å². The van der Waals surface area contributed by atoms with Crippen molar-refractivity contribution in [2.45, 2.75) is 52.1 Å². The molecule has 0 saturated carbocycles. The molecule has 3 aliphatic heterocycles. The van der Waals surface area contributed by atoms with Gasteiger partial charge in [-0.15, -0.1) is 0 Å². The quantitative estimate of drug-likeness (QED) is 0.364. The number of likely N-dealkylation sites (tertiary alicyclic amines) is 2. The van der Waals surface area contributed by atoms with Gasteiger partial charge in [-0.1, -0.05) is 30.3 Å². The topological polar surface area (TPSA) is 122 Å². The second kappa shape index (κ2) is 13.5. The fourth-order valence-corrected chi connectivity index (χ4v) is 6.55. The Morgan fingerprint density at radius 2 is 1.65 bits per heavy atom. The van der Waals surface area contributed by atoms with Gasteiger partial charge in [0.15, 0.2) is 0 Å². The van der Waals surface area contributed by atoms with Gasteiger partial charge in [0.1, 0.15) is 0 Å². The fraction of sp³-hybridized carbons (Fsp3) is 0.552. The first-order valence-electron chi connectivity index (χ1n) is 13.9. The number of carbonyl (C=O) groups is 3. The number of anilines is 1. The summed E-state index contributed by atoms with van der Waals surface area (Å²) in [5, 5.41) is 14.6. The minimum absolute atomic E-state index is 0. The first-order valence-corrected chi connectivity index (χ1v) is 13.9. The number of aliphatic carboxylic acids is 1. The number of amides is 2. The second-order valence-corrected chi connectivity index (χ2v) is 11.2. The number of benzene rings is 1. The summed E-state index contributed by atoms with van der Waals surface area (Å²) in [6.07, 6.45) is 2.09. The third-order valence-corrected chi connectivity index (χ3v) is 8.42. The van der Waals surface area contributed by atoms with Crippen LogP contribution in [-0.4, -0.2) is 82.9 Å². The first kappa shape index (κ1) is 31.2. The molecule has 0 bridgehead atoms. The monoisotopic (exact) mass is 618 g/mol.